The van der Waals surface area contributed by atoms with E-state index in [1.54, 1.807) is 6.20 Å². The van der Waals surface area contributed by atoms with Crippen LogP contribution in [-0.2, 0) is 11.3 Å². The fraction of sp³-hybridized carbons (Fsp3) is 0.350. The molecule has 3 aromatic rings. The van der Waals surface area contributed by atoms with E-state index in [0.29, 0.717) is 22.5 Å². The Bertz CT molecular complexity index is 971. The molecule has 0 N–H and O–H groups in total. The monoisotopic (exact) mass is 402 g/mol. The van der Waals surface area contributed by atoms with Crippen molar-refractivity contribution in [1.29, 1.82) is 0 Å². The molecule has 0 amide bonds. The molecular weight excluding hydrogens is 383 g/mol. The van der Waals surface area contributed by atoms with Crippen LogP contribution in [0.2, 0.25) is 10.2 Å². The lowest BCUT2D eigenvalue weighted by atomic mass is 10.1. The summed E-state index contributed by atoms with van der Waals surface area (Å²) in [5.74, 6) is 0.707. The van der Waals surface area contributed by atoms with E-state index in [4.69, 9.17) is 32.9 Å². The van der Waals surface area contributed by atoms with E-state index in [2.05, 4.69) is 28.7 Å². The summed E-state index contributed by atoms with van der Waals surface area (Å²) < 4.78 is 5.80. The first-order valence-electron chi connectivity index (χ1n) is 8.94. The second kappa shape index (κ2) is 7.68. The number of aromatic nitrogens is 3. The summed E-state index contributed by atoms with van der Waals surface area (Å²) in [6, 6.07) is 9.46. The van der Waals surface area contributed by atoms with Gasteiger partial charge in [-0.1, -0.05) is 29.3 Å². The minimum absolute atomic E-state index is 0.197. The Morgan fingerprint density at radius 2 is 1.89 bits per heavy atom. The molecule has 1 aliphatic rings. The maximum absolute atomic E-state index is 6.43. The van der Waals surface area contributed by atoms with E-state index in [1.807, 2.05) is 30.3 Å². The molecule has 7 heteroatoms. The summed E-state index contributed by atoms with van der Waals surface area (Å²) in [6.07, 6.45) is 2.12. The topological polar surface area (TPSA) is 51.1 Å². The zero-order valence-corrected chi connectivity index (χ0v) is 16.7. The average Bonchev–Trinajstić information content (AvgIpc) is 2.61. The van der Waals surface area contributed by atoms with Crippen molar-refractivity contribution in [3.05, 3.63) is 52.5 Å². The van der Waals surface area contributed by atoms with Gasteiger partial charge in [-0.2, -0.15) is 0 Å². The van der Waals surface area contributed by atoms with Crippen LogP contribution >= 0.6 is 23.2 Å². The zero-order chi connectivity index (χ0) is 19.0. The van der Waals surface area contributed by atoms with E-state index >= 15 is 0 Å². The van der Waals surface area contributed by atoms with Crippen molar-refractivity contribution >= 4 is 34.1 Å². The highest BCUT2D eigenvalue weighted by atomic mass is 35.5. The van der Waals surface area contributed by atoms with Crippen molar-refractivity contribution < 1.29 is 4.74 Å². The average molecular weight is 403 g/mol. The number of pyridine rings is 1. The van der Waals surface area contributed by atoms with Crippen LogP contribution in [0.15, 0.2) is 36.5 Å². The highest BCUT2D eigenvalue weighted by Gasteiger charge is 2.23. The largest absolute Gasteiger partial charge is 0.373 e. The van der Waals surface area contributed by atoms with Crippen LogP contribution in [0.3, 0.4) is 0 Å². The van der Waals surface area contributed by atoms with Gasteiger partial charge in [-0.05, 0) is 38.1 Å². The van der Waals surface area contributed by atoms with Crippen LogP contribution in [-0.4, -0.2) is 45.1 Å². The lowest BCUT2D eigenvalue weighted by molar-refractivity contribution is -0.0710. The quantitative estimate of drug-likeness (QED) is 0.598. The summed E-state index contributed by atoms with van der Waals surface area (Å²) in [4.78, 5) is 15.9. The van der Waals surface area contributed by atoms with Crippen molar-refractivity contribution in [3.63, 3.8) is 0 Å². The van der Waals surface area contributed by atoms with E-state index in [9.17, 15) is 0 Å². The van der Waals surface area contributed by atoms with Crippen molar-refractivity contribution in [2.45, 2.75) is 32.6 Å². The Balaban J connectivity index is 1.68. The predicted octanol–water partition coefficient (Wildman–Crippen LogP) is 4.61. The SMILES string of the molecule is CC1CN(Cc2nc(Cl)c3ccc(-c4ncccc4Cl)cc3n2)CC(C)O1. The molecule has 5 nitrogen and oxygen atoms in total. The minimum Gasteiger partial charge on any atom is -0.373 e. The van der Waals surface area contributed by atoms with Crippen LogP contribution in [0.4, 0.5) is 0 Å². The smallest absolute Gasteiger partial charge is 0.144 e. The lowest BCUT2D eigenvalue weighted by Crippen LogP contribution is -2.45. The fourth-order valence-electron chi connectivity index (χ4n) is 3.57. The molecule has 1 aliphatic heterocycles. The normalized spacial score (nSPS) is 20.9. The van der Waals surface area contributed by atoms with Crippen LogP contribution in [0, 0.1) is 0 Å². The first-order chi connectivity index (χ1) is 13.0. The van der Waals surface area contributed by atoms with Crippen molar-refractivity contribution in [2.75, 3.05) is 13.1 Å². The molecule has 0 radical (unpaired) electrons. The number of hydrogen-bond acceptors (Lipinski definition) is 5. The van der Waals surface area contributed by atoms with E-state index in [0.717, 1.165) is 35.2 Å². The molecular formula is C20H20Cl2N4O. The Labute approximate surface area is 168 Å². The molecule has 1 saturated heterocycles. The number of nitrogens with zero attached hydrogens (tertiary/aromatic N) is 4. The number of hydrogen-bond donors (Lipinski definition) is 0. The van der Waals surface area contributed by atoms with E-state index in [-0.39, 0.29) is 12.2 Å². The standard InChI is InChI=1S/C20H20Cl2N4O/c1-12-9-26(10-13(2)27-12)11-18-24-17-8-14(5-6-15(17)20(22)25-18)19-16(21)4-3-7-23-19/h3-8,12-13H,9-11H2,1-2H3. The second-order valence-corrected chi connectivity index (χ2v) is 7.71. The lowest BCUT2D eigenvalue weighted by Gasteiger charge is -2.34. The Morgan fingerprint density at radius 1 is 1.11 bits per heavy atom. The van der Waals surface area contributed by atoms with Gasteiger partial charge in [0.2, 0.25) is 0 Å². The summed E-state index contributed by atoms with van der Waals surface area (Å²) in [7, 11) is 0. The van der Waals surface area contributed by atoms with Gasteiger partial charge in [0.25, 0.3) is 0 Å². The molecule has 1 fully saturated rings. The zero-order valence-electron chi connectivity index (χ0n) is 15.2. The molecule has 0 aliphatic carbocycles. The third-order valence-corrected chi connectivity index (χ3v) is 5.18. The van der Waals surface area contributed by atoms with Gasteiger partial charge in [-0.25, -0.2) is 9.97 Å². The van der Waals surface area contributed by atoms with Gasteiger partial charge in [-0.3, -0.25) is 9.88 Å². The molecule has 0 saturated carbocycles. The molecule has 1 aromatic carbocycles. The number of ether oxygens (including phenoxy) is 1. The fourth-order valence-corrected chi connectivity index (χ4v) is 4.05. The number of rotatable bonds is 3. The first kappa shape index (κ1) is 18.6. The summed E-state index contributed by atoms with van der Waals surface area (Å²) in [6.45, 7) is 6.52. The van der Waals surface area contributed by atoms with Gasteiger partial charge in [0.15, 0.2) is 0 Å². The molecule has 2 aromatic heterocycles. The molecule has 2 atom stereocenters. The van der Waals surface area contributed by atoms with Crippen LogP contribution in [0.5, 0.6) is 0 Å². The molecule has 0 spiro atoms. The first-order valence-corrected chi connectivity index (χ1v) is 9.70. The van der Waals surface area contributed by atoms with Crippen molar-refractivity contribution in [2.24, 2.45) is 0 Å². The third kappa shape index (κ3) is 4.06. The van der Waals surface area contributed by atoms with E-state index in [1.165, 1.54) is 0 Å². The van der Waals surface area contributed by atoms with Crippen LogP contribution < -0.4 is 0 Å². The van der Waals surface area contributed by atoms with Crippen molar-refractivity contribution in [3.8, 4) is 11.3 Å². The number of halogens is 2. The summed E-state index contributed by atoms with van der Waals surface area (Å²) >= 11 is 12.7. The minimum atomic E-state index is 0.197. The Kier molecular flexibility index (Phi) is 5.28. The highest BCUT2D eigenvalue weighted by molar-refractivity contribution is 6.34. The molecule has 0 bridgehead atoms. The predicted molar refractivity (Wildman–Crippen MR) is 108 cm³/mol. The maximum atomic E-state index is 6.43. The van der Waals surface area contributed by atoms with E-state index < -0.39 is 0 Å². The number of fused-ring (bicyclic) bond motifs is 1. The van der Waals surface area contributed by atoms with Crippen LogP contribution in [0.1, 0.15) is 19.7 Å². The Hall–Kier alpha value is -1.79. The molecule has 3 heterocycles. The van der Waals surface area contributed by atoms with Crippen molar-refractivity contribution in [1.82, 2.24) is 19.9 Å². The van der Waals surface area contributed by atoms with Gasteiger partial charge >= 0.3 is 0 Å². The summed E-state index contributed by atoms with van der Waals surface area (Å²) in [5.41, 5.74) is 2.43. The maximum Gasteiger partial charge on any atom is 0.144 e. The molecule has 4 rings (SSSR count). The molecule has 140 valence electrons. The van der Waals surface area contributed by atoms with Gasteiger partial charge in [0.05, 0.1) is 35.0 Å². The van der Waals surface area contributed by atoms with Gasteiger partial charge in [0, 0.05) is 30.2 Å². The Morgan fingerprint density at radius 3 is 2.63 bits per heavy atom. The van der Waals surface area contributed by atoms with Gasteiger partial charge in [-0.15, -0.1) is 0 Å². The highest BCUT2D eigenvalue weighted by Crippen LogP contribution is 2.29. The van der Waals surface area contributed by atoms with Gasteiger partial charge in [0.1, 0.15) is 11.0 Å². The number of benzene rings is 1. The third-order valence-electron chi connectivity index (χ3n) is 4.59. The molecule has 27 heavy (non-hydrogen) atoms. The summed E-state index contributed by atoms with van der Waals surface area (Å²) in [5, 5.41) is 1.89. The van der Waals surface area contributed by atoms with Gasteiger partial charge < -0.3 is 4.74 Å². The van der Waals surface area contributed by atoms with Crippen LogP contribution in [0.25, 0.3) is 22.2 Å². The second-order valence-electron chi connectivity index (χ2n) is 6.95. The number of morpholine rings is 1. The molecule has 2 unspecified atom stereocenters.